The van der Waals surface area contributed by atoms with Gasteiger partial charge in [0.05, 0.1) is 19.3 Å². The first-order chi connectivity index (χ1) is 8.58. The molecule has 6 heteroatoms. The third kappa shape index (κ3) is 3.73. The largest absolute Gasteiger partial charge is 0.465 e. The van der Waals surface area contributed by atoms with Crippen molar-refractivity contribution in [1.29, 1.82) is 0 Å². The standard InChI is InChI=1S/C12H16N2O4/c1-4-18-11(15)8(2)14-10-7-9(5-6-13-10)12(16)17-3/h5-8H,4H2,1-3H3,(H,13,14). The number of nitrogens with zero attached hydrogens (tertiary/aromatic N) is 1. The molecule has 0 bridgehead atoms. The minimum atomic E-state index is -0.537. The summed E-state index contributed by atoms with van der Waals surface area (Å²) in [4.78, 5) is 26.7. The third-order valence-corrected chi connectivity index (χ3v) is 2.19. The highest BCUT2D eigenvalue weighted by Gasteiger charge is 2.15. The number of anilines is 1. The van der Waals surface area contributed by atoms with E-state index in [-0.39, 0.29) is 5.97 Å². The molecular weight excluding hydrogens is 236 g/mol. The number of methoxy groups -OCH3 is 1. The van der Waals surface area contributed by atoms with Gasteiger partial charge in [-0.25, -0.2) is 14.6 Å². The van der Waals surface area contributed by atoms with E-state index in [1.807, 2.05) is 0 Å². The van der Waals surface area contributed by atoms with E-state index in [9.17, 15) is 9.59 Å². The Labute approximate surface area is 105 Å². The van der Waals surface area contributed by atoms with Gasteiger partial charge in [-0.05, 0) is 26.0 Å². The molecule has 1 rings (SSSR count). The SMILES string of the molecule is CCOC(=O)C(C)Nc1cc(C(=O)OC)ccn1. The maximum Gasteiger partial charge on any atom is 0.338 e. The Hall–Kier alpha value is -2.11. The maximum atomic E-state index is 11.4. The van der Waals surface area contributed by atoms with Crippen LogP contribution in [0.1, 0.15) is 24.2 Å². The van der Waals surface area contributed by atoms with Crippen molar-refractivity contribution in [2.75, 3.05) is 19.0 Å². The number of hydrogen-bond donors (Lipinski definition) is 1. The molecule has 0 aliphatic carbocycles. The third-order valence-electron chi connectivity index (χ3n) is 2.19. The van der Waals surface area contributed by atoms with Crippen LogP contribution in [0, 0.1) is 0 Å². The molecule has 0 spiro atoms. The van der Waals surface area contributed by atoms with Gasteiger partial charge < -0.3 is 14.8 Å². The van der Waals surface area contributed by atoms with Crippen LogP contribution in [0.3, 0.4) is 0 Å². The Morgan fingerprint density at radius 2 is 2.22 bits per heavy atom. The predicted octanol–water partition coefficient (Wildman–Crippen LogP) is 1.23. The molecule has 1 aromatic rings. The predicted molar refractivity (Wildman–Crippen MR) is 65.3 cm³/mol. The Kier molecular flexibility index (Phi) is 5.10. The van der Waals surface area contributed by atoms with E-state index < -0.39 is 12.0 Å². The molecular formula is C12H16N2O4. The average Bonchev–Trinajstić information content (AvgIpc) is 2.38. The molecule has 1 heterocycles. The number of hydrogen-bond acceptors (Lipinski definition) is 6. The molecule has 18 heavy (non-hydrogen) atoms. The lowest BCUT2D eigenvalue weighted by molar-refractivity contribution is -0.143. The van der Waals surface area contributed by atoms with Crippen LogP contribution in [0.4, 0.5) is 5.82 Å². The molecule has 1 atom stereocenters. The van der Waals surface area contributed by atoms with E-state index in [4.69, 9.17) is 4.74 Å². The number of pyridine rings is 1. The van der Waals surface area contributed by atoms with Gasteiger partial charge in [0.25, 0.3) is 0 Å². The first-order valence-corrected chi connectivity index (χ1v) is 5.56. The van der Waals surface area contributed by atoms with Crippen molar-refractivity contribution in [2.24, 2.45) is 0 Å². The Morgan fingerprint density at radius 3 is 2.83 bits per heavy atom. The van der Waals surface area contributed by atoms with Gasteiger partial charge in [-0.15, -0.1) is 0 Å². The first-order valence-electron chi connectivity index (χ1n) is 5.56. The number of rotatable bonds is 5. The Morgan fingerprint density at radius 1 is 1.50 bits per heavy atom. The second kappa shape index (κ2) is 6.58. The summed E-state index contributed by atoms with van der Waals surface area (Å²) in [6.45, 7) is 3.71. The fourth-order valence-electron chi connectivity index (χ4n) is 1.30. The lowest BCUT2D eigenvalue weighted by atomic mass is 10.2. The van der Waals surface area contributed by atoms with Gasteiger partial charge in [-0.1, -0.05) is 0 Å². The Balaban J connectivity index is 2.73. The zero-order chi connectivity index (χ0) is 13.5. The van der Waals surface area contributed by atoms with Crippen molar-refractivity contribution in [3.8, 4) is 0 Å². The minimum absolute atomic E-state index is 0.320. The van der Waals surface area contributed by atoms with Crippen LogP contribution in [-0.4, -0.2) is 36.7 Å². The van der Waals surface area contributed by atoms with Crippen molar-refractivity contribution in [2.45, 2.75) is 19.9 Å². The summed E-state index contributed by atoms with van der Waals surface area (Å²) in [5.74, 6) is -0.412. The van der Waals surface area contributed by atoms with Crippen LogP contribution < -0.4 is 5.32 Å². The normalized spacial score (nSPS) is 11.5. The van der Waals surface area contributed by atoms with Crippen LogP contribution in [0.2, 0.25) is 0 Å². The molecule has 1 N–H and O–H groups in total. The molecule has 0 saturated heterocycles. The van der Waals surface area contributed by atoms with E-state index in [0.29, 0.717) is 18.0 Å². The fourth-order valence-corrected chi connectivity index (χ4v) is 1.30. The van der Waals surface area contributed by atoms with Crippen molar-refractivity contribution in [3.63, 3.8) is 0 Å². The number of ether oxygens (including phenoxy) is 2. The van der Waals surface area contributed by atoms with Gasteiger partial charge >= 0.3 is 11.9 Å². The molecule has 6 nitrogen and oxygen atoms in total. The molecule has 1 unspecified atom stereocenters. The molecule has 0 aliphatic heterocycles. The topological polar surface area (TPSA) is 77.5 Å². The second-order valence-corrected chi connectivity index (χ2v) is 3.54. The number of carbonyl (C=O) groups excluding carboxylic acids is 2. The lowest BCUT2D eigenvalue weighted by Gasteiger charge is -2.13. The molecule has 0 fully saturated rings. The smallest absolute Gasteiger partial charge is 0.338 e. The molecule has 0 aliphatic rings. The van der Waals surface area contributed by atoms with Crippen LogP contribution in [0.15, 0.2) is 18.3 Å². The molecule has 0 radical (unpaired) electrons. The van der Waals surface area contributed by atoms with Crippen molar-refractivity contribution < 1.29 is 19.1 Å². The highest BCUT2D eigenvalue weighted by molar-refractivity contribution is 5.90. The van der Waals surface area contributed by atoms with E-state index >= 15 is 0 Å². The minimum Gasteiger partial charge on any atom is -0.465 e. The molecule has 98 valence electrons. The van der Waals surface area contributed by atoms with E-state index in [0.717, 1.165) is 0 Å². The van der Waals surface area contributed by atoms with Crippen LogP contribution in [0.5, 0.6) is 0 Å². The van der Waals surface area contributed by atoms with Gasteiger partial charge in [0.1, 0.15) is 11.9 Å². The summed E-state index contributed by atoms with van der Waals surface area (Å²) >= 11 is 0. The fraction of sp³-hybridized carbons (Fsp3) is 0.417. The molecule has 0 saturated carbocycles. The number of aromatic nitrogens is 1. The summed E-state index contributed by atoms with van der Waals surface area (Å²) < 4.78 is 9.45. The first kappa shape index (κ1) is 14.0. The quantitative estimate of drug-likeness (QED) is 0.794. The second-order valence-electron chi connectivity index (χ2n) is 3.54. The van der Waals surface area contributed by atoms with Gasteiger partial charge in [-0.3, -0.25) is 0 Å². The summed E-state index contributed by atoms with van der Waals surface area (Å²) in [6, 6.07) is 2.51. The van der Waals surface area contributed by atoms with Gasteiger partial charge in [-0.2, -0.15) is 0 Å². The summed E-state index contributed by atoms with van der Waals surface area (Å²) in [6.07, 6.45) is 1.46. The van der Waals surface area contributed by atoms with Crippen molar-refractivity contribution in [1.82, 2.24) is 4.98 Å². The van der Waals surface area contributed by atoms with Crippen LogP contribution in [0.25, 0.3) is 0 Å². The lowest BCUT2D eigenvalue weighted by Crippen LogP contribution is -2.28. The summed E-state index contributed by atoms with van der Waals surface area (Å²) in [5.41, 5.74) is 0.367. The van der Waals surface area contributed by atoms with E-state index in [1.54, 1.807) is 13.8 Å². The average molecular weight is 252 g/mol. The van der Waals surface area contributed by atoms with Crippen molar-refractivity contribution >= 4 is 17.8 Å². The number of nitrogens with one attached hydrogen (secondary N) is 1. The molecule has 0 amide bonds. The van der Waals surface area contributed by atoms with Gasteiger partial charge in [0.2, 0.25) is 0 Å². The van der Waals surface area contributed by atoms with E-state index in [1.165, 1.54) is 25.4 Å². The van der Waals surface area contributed by atoms with Crippen LogP contribution in [-0.2, 0) is 14.3 Å². The number of esters is 2. The van der Waals surface area contributed by atoms with Crippen LogP contribution >= 0.6 is 0 Å². The number of carbonyl (C=O) groups is 2. The zero-order valence-corrected chi connectivity index (χ0v) is 10.6. The monoisotopic (exact) mass is 252 g/mol. The van der Waals surface area contributed by atoms with Gasteiger partial charge in [0.15, 0.2) is 0 Å². The molecule has 1 aromatic heterocycles. The highest BCUT2D eigenvalue weighted by Crippen LogP contribution is 2.09. The van der Waals surface area contributed by atoms with Gasteiger partial charge in [0, 0.05) is 6.20 Å². The maximum absolute atomic E-state index is 11.4. The zero-order valence-electron chi connectivity index (χ0n) is 10.6. The van der Waals surface area contributed by atoms with Crippen molar-refractivity contribution in [3.05, 3.63) is 23.9 Å². The summed E-state index contributed by atoms with van der Waals surface area (Å²) in [5, 5.41) is 2.85. The summed E-state index contributed by atoms with van der Waals surface area (Å²) in [7, 11) is 1.30. The Bertz CT molecular complexity index is 434. The highest BCUT2D eigenvalue weighted by atomic mass is 16.5. The van der Waals surface area contributed by atoms with E-state index in [2.05, 4.69) is 15.0 Å². The molecule has 0 aromatic carbocycles.